The fourth-order valence-corrected chi connectivity index (χ4v) is 1.98. The number of carbonyl (C=O) groups excluding carboxylic acids is 1. The molecule has 1 aliphatic heterocycles. The lowest BCUT2D eigenvalue weighted by Crippen LogP contribution is -2.56. The summed E-state index contributed by atoms with van der Waals surface area (Å²) in [5.41, 5.74) is 5.86. The highest BCUT2D eigenvalue weighted by Gasteiger charge is 2.33. The number of aryl methyl sites for hydroxylation is 1. The molecule has 0 radical (unpaired) electrons. The van der Waals surface area contributed by atoms with Crippen LogP contribution in [0.5, 0.6) is 0 Å². The van der Waals surface area contributed by atoms with Crippen LogP contribution in [0.25, 0.3) is 0 Å². The Morgan fingerprint density at radius 1 is 1.65 bits per heavy atom. The molecule has 0 spiro atoms. The molecule has 0 bridgehead atoms. The number of carbonyl (C=O) groups is 1. The van der Waals surface area contributed by atoms with Gasteiger partial charge in [0.25, 0.3) is 5.91 Å². The van der Waals surface area contributed by atoms with Crippen LogP contribution >= 0.6 is 0 Å². The van der Waals surface area contributed by atoms with Gasteiger partial charge >= 0.3 is 0 Å². The lowest BCUT2D eigenvalue weighted by Gasteiger charge is -2.36. The van der Waals surface area contributed by atoms with E-state index in [1.54, 1.807) is 17.1 Å². The standard InChI is InChI=1S/C11H18N4O2/c1-15-6-9(13-8-15)10(16)14-11(7-12)2-4-17-5-3-11/h6,8H,2-5,7,12H2,1H3,(H,14,16). The first-order valence-electron chi connectivity index (χ1n) is 5.73. The van der Waals surface area contributed by atoms with Gasteiger partial charge in [0, 0.05) is 33.0 Å². The average molecular weight is 238 g/mol. The van der Waals surface area contributed by atoms with E-state index in [4.69, 9.17) is 10.5 Å². The molecule has 1 amide bonds. The number of nitrogens with one attached hydrogen (secondary N) is 1. The Kier molecular flexibility index (Phi) is 3.44. The van der Waals surface area contributed by atoms with Crippen LogP contribution in [-0.2, 0) is 11.8 Å². The number of amides is 1. The molecule has 1 aromatic heterocycles. The summed E-state index contributed by atoms with van der Waals surface area (Å²) in [6.45, 7) is 1.70. The SMILES string of the molecule is Cn1cnc(C(=O)NC2(CN)CCOCC2)c1. The second kappa shape index (κ2) is 4.85. The Morgan fingerprint density at radius 2 is 2.35 bits per heavy atom. The minimum Gasteiger partial charge on any atom is -0.381 e. The number of rotatable bonds is 3. The zero-order chi connectivity index (χ0) is 12.3. The summed E-state index contributed by atoms with van der Waals surface area (Å²) in [7, 11) is 1.83. The summed E-state index contributed by atoms with van der Waals surface area (Å²) in [6.07, 6.45) is 4.80. The molecule has 0 aromatic carbocycles. The molecule has 3 N–H and O–H groups in total. The monoisotopic (exact) mass is 238 g/mol. The van der Waals surface area contributed by atoms with E-state index in [2.05, 4.69) is 10.3 Å². The number of nitrogens with two attached hydrogens (primary N) is 1. The summed E-state index contributed by atoms with van der Waals surface area (Å²) in [5.74, 6) is -0.169. The maximum Gasteiger partial charge on any atom is 0.271 e. The summed E-state index contributed by atoms with van der Waals surface area (Å²) < 4.78 is 7.04. The van der Waals surface area contributed by atoms with Gasteiger partial charge in [-0.05, 0) is 12.8 Å². The van der Waals surface area contributed by atoms with Crippen molar-refractivity contribution >= 4 is 5.91 Å². The first-order chi connectivity index (χ1) is 8.15. The molecule has 0 aliphatic carbocycles. The van der Waals surface area contributed by atoms with Crippen LogP contribution in [-0.4, -0.2) is 40.8 Å². The molecule has 1 fully saturated rings. The maximum absolute atomic E-state index is 12.0. The van der Waals surface area contributed by atoms with Crippen molar-refractivity contribution in [3.8, 4) is 0 Å². The molecule has 2 heterocycles. The third kappa shape index (κ3) is 2.65. The van der Waals surface area contributed by atoms with Gasteiger partial charge in [0.1, 0.15) is 5.69 Å². The first-order valence-corrected chi connectivity index (χ1v) is 5.73. The van der Waals surface area contributed by atoms with Crippen LogP contribution in [0.1, 0.15) is 23.3 Å². The topological polar surface area (TPSA) is 82.2 Å². The molecule has 0 atom stereocenters. The third-order valence-electron chi connectivity index (χ3n) is 3.16. The van der Waals surface area contributed by atoms with Crippen molar-refractivity contribution in [3.05, 3.63) is 18.2 Å². The molecular formula is C11H18N4O2. The lowest BCUT2D eigenvalue weighted by molar-refractivity contribution is 0.0387. The van der Waals surface area contributed by atoms with Crippen LogP contribution in [0.4, 0.5) is 0 Å². The normalized spacial score (nSPS) is 18.9. The Bertz CT molecular complexity index is 396. The van der Waals surface area contributed by atoms with Gasteiger partial charge in [0.15, 0.2) is 0 Å². The van der Waals surface area contributed by atoms with Crippen LogP contribution in [0, 0.1) is 0 Å². The second-order valence-corrected chi connectivity index (χ2v) is 4.48. The molecule has 0 saturated carbocycles. The van der Waals surface area contributed by atoms with E-state index >= 15 is 0 Å². The van der Waals surface area contributed by atoms with Crippen molar-refractivity contribution in [3.63, 3.8) is 0 Å². The number of imidazole rings is 1. The fourth-order valence-electron chi connectivity index (χ4n) is 1.98. The van der Waals surface area contributed by atoms with Crippen LogP contribution < -0.4 is 11.1 Å². The fraction of sp³-hybridized carbons (Fsp3) is 0.636. The highest BCUT2D eigenvalue weighted by Crippen LogP contribution is 2.19. The Balaban J connectivity index is 2.05. The van der Waals surface area contributed by atoms with Gasteiger partial charge in [-0.1, -0.05) is 0 Å². The van der Waals surface area contributed by atoms with Gasteiger partial charge in [0.2, 0.25) is 0 Å². The number of ether oxygens (including phenoxy) is 1. The Labute approximate surface area is 100 Å². The molecule has 17 heavy (non-hydrogen) atoms. The summed E-state index contributed by atoms with van der Waals surface area (Å²) >= 11 is 0. The Morgan fingerprint density at radius 3 is 2.88 bits per heavy atom. The minimum atomic E-state index is -0.340. The van der Waals surface area contributed by atoms with Crippen LogP contribution in [0.15, 0.2) is 12.5 Å². The van der Waals surface area contributed by atoms with E-state index in [0.717, 1.165) is 12.8 Å². The van der Waals surface area contributed by atoms with Crippen molar-refractivity contribution in [2.75, 3.05) is 19.8 Å². The number of aromatic nitrogens is 2. The molecule has 1 aromatic rings. The van der Waals surface area contributed by atoms with E-state index in [9.17, 15) is 4.79 Å². The zero-order valence-corrected chi connectivity index (χ0v) is 9.98. The van der Waals surface area contributed by atoms with Crippen molar-refractivity contribution in [1.29, 1.82) is 0 Å². The number of hydrogen-bond donors (Lipinski definition) is 2. The number of hydrogen-bond acceptors (Lipinski definition) is 4. The van der Waals surface area contributed by atoms with E-state index < -0.39 is 0 Å². The zero-order valence-electron chi connectivity index (χ0n) is 9.98. The van der Waals surface area contributed by atoms with Gasteiger partial charge in [-0.25, -0.2) is 4.98 Å². The number of nitrogens with zero attached hydrogens (tertiary/aromatic N) is 2. The molecule has 0 unspecified atom stereocenters. The van der Waals surface area contributed by atoms with Crippen LogP contribution in [0.3, 0.4) is 0 Å². The molecule has 6 heteroatoms. The van der Waals surface area contributed by atoms with E-state index in [-0.39, 0.29) is 11.4 Å². The van der Waals surface area contributed by atoms with Gasteiger partial charge in [0.05, 0.1) is 11.9 Å². The molecule has 2 rings (SSSR count). The minimum absolute atomic E-state index is 0.169. The maximum atomic E-state index is 12.0. The van der Waals surface area contributed by atoms with Gasteiger partial charge in [-0.3, -0.25) is 4.79 Å². The molecule has 6 nitrogen and oxygen atoms in total. The van der Waals surface area contributed by atoms with Gasteiger partial charge < -0.3 is 20.4 Å². The van der Waals surface area contributed by atoms with Crippen molar-refractivity contribution in [1.82, 2.24) is 14.9 Å². The summed E-state index contributed by atoms with van der Waals surface area (Å²) in [5, 5.41) is 2.99. The quantitative estimate of drug-likeness (QED) is 0.754. The summed E-state index contributed by atoms with van der Waals surface area (Å²) in [4.78, 5) is 16.0. The second-order valence-electron chi connectivity index (χ2n) is 4.48. The molecule has 94 valence electrons. The summed E-state index contributed by atoms with van der Waals surface area (Å²) in [6, 6.07) is 0. The molecular weight excluding hydrogens is 220 g/mol. The first kappa shape index (κ1) is 12.1. The largest absolute Gasteiger partial charge is 0.381 e. The van der Waals surface area contributed by atoms with Crippen molar-refractivity contribution in [2.45, 2.75) is 18.4 Å². The van der Waals surface area contributed by atoms with E-state index in [1.165, 1.54) is 0 Å². The predicted octanol–water partition coefficient (Wildman–Crippen LogP) is -0.342. The lowest BCUT2D eigenvalue weighted by atomic mass is 9.90. The highest BCUT2D eigenvalue weighted by atomic mass is 16.5. The van der Waals surface area contributed by atoms with Gasteiger partial charge in [-0.2, -0.15) is 0 Å². The van der Waals surface area contributed by atoms with Crippen molar-refractivity contribution in [2.24, 2.45) is 12.8 Å². The highest BCUT2D eigenvalue weighted by molar-refractivity contribution is 5.92. The molecule has 1 aliphatic rings. The van der Waals surface area contributed by atoms with Crippen LogP contribution in [0.2, 0.25) is 0 Å². The third-order valence-corrected chi connectivity index (χ3v) is 3.16. The van der Waals surface area contributed by atoms with Crippen molar-refractivity contribution < 1.29 is 9.53 Å². The van der Waals surface area contributed by atoms with Gasteiger partial charge in [-0.15, -0.1) is 0 Å². The Hall–Kier alpha value is -1.40. The smallest absolute Gasteiger partial charge is 0.271 e. The predicted molar refractivity (Wildman–Crippen MR) is 62.5 cm³/mol. The van der Waals surface area contributed by atoms with E-state index in [1.807, 2.05) is 7.05 Å². The molecule has 1 saturated heterocycles. The average Bonchev–Trinajstić information content (AvgIpc) is 2.77. The van der Waals surface area contributed by atoms with E-state index in [0.29, 0.717) is 25.5 Å².